The Morgan fingerprint density at radius 3 is 2.48 bits per heavy atom. The molecule has 0 aliphatic heterocycles. The van der Waals surface area contributed by atoms with E-state index in [9.17, 15) is 12.8 Å². The molecule has 0 radical (unpaired) electrons. The highest BCUT2D eigenvalue weighted by molar-refractivity contribution is 7.89. The van der Waals surface area contributed by atoms with Crippen LogP contribution in [-0.2, 0) is 22.3 Å². The summed E-state index contributed by atoms with van der Waals surface area (Å²) >= 11 is 0. The Balaban J connectivity index is 2.00. The van der Waals surface area contributed by atoms with Gasteiger partial charge in [-0.05, 0) is 37.1 Å². The van der Waals surface area contributed by atoms with Gasteiger partial charge < -0.3 is 4.74 Å². The van der Waals surface area contributed by atoms with Crippen molar-refractivity contribution in [3.8, 4) is 11.8 Å². The number of nitriles is 1. The molecule has 0 aliphatic rings. The lowest BCUT2D eigenvalue weighted by Crippen LogP contribution is -2.36. The van der Waals surface area contributed by atoms with E-state index in [-0.39, 0.29) is 18.9 Å². The third-order valence-corrected chi connectivity index (χ3v) is 5.62. The smallest absolute Gasteiger partial charge is 0.211 e. The molecule has 0 aromatic heterocycles. The van der Waals surface area contributed by atoms with Crippen LogP contribution in [0.4, 0.5) is 4.39 Å². The fraction of sp³-hybridized carbons (Fsp3) is 0.350. The van der Waals surface area contributed by atoms with Crippen molar-refractivity contribution in [2.45, 2.75) is 32.5 Å². The van der Waals surface area contributed by atoms with Gasteiger partial charge in [-0.2, -0.15) is 5.26 Å². The van der Waals surface area contributed by atoms with Gasteiger partial charge in [-0.15, -0.1) is 0 Å². The van der Waals surface area contributed by atoms with Gasteiger partial charge in [0.25, 0.3) is 0 Å². The number of hydrogen-bond donors (Lipinski definition) is 1. The molecular formula is C20H23FN2O3S. The van der Waals surface area contributed by atoms with Crippen molar-refractivity contribution in [1.29, 1.82) is 5.26 Å². The molecule has 7 heteroatoms. The van der Waals surface area contributed by atoms with Gasteiger partial charge in [-0.3, -0.25) is 0 Å². The van der Waals surface area contributed by atoms with Gasteiger partial charge in [-0.1, -0.05) is 37.3 Å². The van der Waals surface area contributed by atoms with Crippen LogP contribution >= 0.6 is 0 Å². The third kappa shape index (κ3) is 6.05. The van der Waals surface area contributed by atoms with E-state index in [2.05, 4.69) is 10.8 Å². The highest BCUT2D eigenvalue weighted by Gasteiger charge is 2.27. The molecule has 1 unspecified atom stereocenters. The maximum atomic E-state index is 14.9. The molecule has 2 rings (SSSR count). The lowest BCUT2D eigenvalue weighted by molar-refractivity contribution is 0.196. The van der Waals surface area contributed by atoms with E-state index in [4.69, 9.17) is 10.00 Å². The van der Waals surface area contributed by atoms with Gasteiger partial charge >= 0.3 is 0 Å². The molecule has 27 heavy (non-hydrogen) atoms. The van der Waals surface area contributed by atoms with Crippen LogP contribution in [0.3, 0.4) is 0 Å². The molecule has 1 atom stereocenters. The van der Waals surface area contributed by atoms with E-state index in [0.717, 1.165) is 5.56 Å². The molecule has 144 valence electrons. The Kier molecular flexibility index (Phi) is 6.94. The van der Waals surface area contributed by atoms with Crippen molar-refractivity contribution in [3.05, 3.63) is 65.2 Å². The van der Waals surface area contributed by atoms with Gasteiger partial charge in [0.2, 0.25) is 10.0 Å². The van der Waals surface area contributed by atoms with E-state index in [0.29, 0.717) is 23.3 Å². The number of ether oxygens (including phenoxy) is 1. The Bertz CT molecular complexity index is 904. The van der Waals surface area contributed by atoms with Crippen molar-refractivity contribution in [2.75, 3.05) is 12.3 Å². The Morgan fingerprint density at radius 1 is 1.19 bits per heavy atom. The molecular weight excluding hydrogens is 367 g/mol. The van der Waals surface area contributed by atoms with Gasteiger partial charge in [0.15, 0.2) is 0 Å². The molecule has 2 aromatic rings. The van der Waals surface area contributed by atoms with Crippen molar-refractivity contribution < 1.29 is 17.5 Å². The van der Waals surface area contributed by atoms with Crippen molar-refractivity contribution in [2.24, 2.45) is 0 Å². The van der Waals surface area contributed by atoms with Gasteiger partial charge in [0.05, 0.1) is 17.4 Å². The summed E-state index contributed by atoms with van der Waals surface area (Å²) in [4.78, 5) is 0. The van der Waals surface area contributed by atoms with Crippen molar-refractivity contribution in [3.63, 3.8) is 0 Å². The SMILES string of the molecule is CCCS(=O)(=O)NCC(C)(F)c1ccc(OCc2ccccc2C#N)cc1. The van der Waals surface area contributed by atoms with E-state index >= 15 is 0 Å². The number of benzene rings is 2. The predicted octanol–water partition coefficient (Wildman–Crippen LogP) is 3.65. The first-order valence-electron chi connectivity index (χ1n) is 8.65. The van der Waals surface area contributed by atoms with E-state index in [1.165, 1.54) is 6.92 Å². The largest absolute Gasteiger partial charge is 0.489 e. The maximum absolute atomic E-state index is 14.9. The van der Waals surface area contributed by atoms with Crippen LogP contribution in [0.5, 0.6) is 5.75 Å². The van der Waals surface area contributed by atoms with Crippen LogP contribution in [0.15, 0.2) is 48.5 Å². The van der Waals surface area contributed by atoms with E-state index in [1.54, 1.807) is 43.3 Å². The monoisotopic (exact) mass is 390 g/mol. The number of halogens is 1. The van der Waals surface area contributed by atoms with Crippen LogP contribution in [0.1, 0.15) is 37.0 Å². The normalized spacial score (nSPS) is 13.6. The van der Waals surface area contributed by atoms with Crippen LogP contribution < -0.4 is 9.46 Å². The molecule has 0 bridgehead atoms. The minimum atomic E-state index is -3.47. The van der Waals surface area contributed by atoms with Gasteiger partial charge in [0.1, 0.15) is 18.0 Å². The topological polar surface area (TPSA) is 79.2 Å². The lowest BCUT2D eigenvalue weighted by Gasteiger charge is -2.21. The molecule has 0 aliphatic carbocycles. The minimum Gasteiger partial charge on any atom is -0.489 e. The number of hydrogen-bond acceptors (Lipinski definition) is 4. The number of nitrogens with zero attached hydrogens (tertiary/aromatic N) is 1. The zero-order valence-corrected chi connectivity index (χ0v) is 16.2. The highest BCUT2D eigenvalue weighted by Crippen LogP contribution is 2.27. The molecule has 0 spiro atoms. The van der Waals surface area contributed by atoms with E-state index in [1.807, 2.05) is 12.1 Å². The maximum Gasteiger partial charge on any atom is 0.211 e. The summed E-state index contributed by atoms with van der Waals surface area (Å²) in [6.45, 7) is 2.99. The molecule has 0 saturated heterocycles. The standard InChI is InChI=1S/C20H23FN2O3S/c1-3-12-27(24,25)23-15-20(2,21)18-8-10-19(11-9-18)26-14-17-7-5-4-6-16(17)13-22/h4-11,23H,3,12,14-15H2,1-2H3. The first-order valence-corrected chi connectivity index (χ1v) is 10.3. The Labute approximate surface area is 159 Å². The summed E-state index contributed by atoms with van der Waals surface area (Å²) in [5, 5.41) is 9.09. The van der Waals surface area contributed by atoms with Gasteiger partial charge in [-0.25, -0.2) is 17.5 Å². The van der Waals surface area contributed by atoms with Crippen LogP contribution in [0, 0.1) is 11.3 Å². The van der Waals surface area contributed by atoms with Gasteiger partial charge in [0, 0.05) is 12.1 Å². The predicted molar refractivity (Wildman–Crippen MR) is 102 cm³/mol. The average molecular weight is 390 g/mol. The average Bonchev–Trinajstić information content (AvgIpc) is 2.65. The number of sulfonamides is 1. The lowest BCUT2D eigenvalue weighted by atomic mass is 9.98. The minimum absolute atomic E-state index is 0.0277. The van der Waals surface area contributed by atoms with Crippen LogP contribution in [0.2, 0.25) is 0 Å². The third-order valence-electron chi connectivity index (χ3n) is 4.09. The fourth-order valence-corrected chi connectivity index (χ4v) is 3.68. The Hall–Kier alpha value is -2.43. The second kappa shape index (κ2) is 8.98. The summed E-state index contributed by atoms with van der Waals surface area (Å²) in [7, 11) is -3.47. The molecule has 2 aromatic carbocycles. The Morgan fingerprint density at radius 2 is 1.85 bits per heavy atom. The van der Waals surface area contributed by atoms with E-state index < -0.39 is 15.7 Å². The zero-order valence-electron chi connectivity index (χ0n) is 15.4. The van der Waals surface area contributed by atoms with Crippen LogP contribution in [0.25, 0.3) is 0 Å². The summed E-state index contributed by atoms with van der Waals surface area (Å²) in [6, 6.07) is 15.7. The molecule has 0 fully saturated rings. The van der Waals surface area contributed by atoms with Crippen molar-refractivity contribution >= 4 is 10.0 Å². The first kappa shape index (κ1) is 20.9. The summed E-state index contributed by atoms with van der Waals surface area (Å²) in [6.07, 6.45) is 0.472. The number of rotatable bonds is 9. The molecule has 0 saturated carbocycles. The molecule has 5 nitrogen and oxygen atoms in total. The second-order valence-electron chi connectivity index (χ2n) is 6.42. The molecule has 0 heterocycles. The second-order valence-corrected chi connectivity index (χ2v) is 8.35. The summed E-state index contributed by atoms with van der Waals surface area (Å²) < 4.78 is 46.3. The molecule has 0 amide bonds. The number of nitrogens with one attached hydrogen (secondary N) is 1. The quantitative estimate of drug-likeness (QED) is 0.709. The van der Waals surface area contributed by atoms with Crippen molar-refractivity contribution in [1.82, 2.24) is 4.72 Å². The fourth-order valence-electron chi connectivity index (χ4n) is 2.50. The number of alkyl halides is 1. The molecule has 1 N–H and O–H groups in total. The summed E-state index contributed by atoms with van der Waals surface area (Å²) in [5.74, 6) is 0.508. The zero-order chi connectivity index (χ0) is 19.9. The van der Waals surface area contributed by atoms with Crippen LogP contribution in [-0.4, -0.2) is 20.7 Å². The highest BCUT2D eigenvalue weighted by atomic mass is 32.2. The first-order chi connectivity index (χ1) is 12.8. The summed E-state index contributed by atoms with van der Waals surface area (Å²) in [5.41, 5.74) is -0.173.